The monoisotopic (exact) mass is 301 g/mol. The van der Waals surface area contributed by atoms with Crippen molar-refractivity contribution in [2.24, 2.45) is 5.73 Å². The number of carbonyl (C=O) groups is 1. The fourth-order valence-corrected chi connectivity index (χ4v) is 2.25. The normalized spacial score (nSPS) is 9.62. The summed E-state index contributed by atoms with van der Waals surface area (Å²) in [7, 11) is 1.56. The number of rotatable bonds is 4. The number of thiazole rings is 1. The average Bonchev–Trinajstić information content (AvgIpc) is 3.03. The zero-order valence-corrected chi connectivity index (χ0v) is 12.4. The highest BCUT2D eigenvalue weighted by Crippen LogP contribution is 2.19. The summed E-state index contributed by atoms with van der Waals surface area (Å²) in [5, 5.41) is 4.71. The van der Waals surface area contributed by atoms with Crippen molar-refractivity contribution < 1.29 is 9.53 Å². The van der Waals surface area contributed by atoms with Crippen LogP contribution in [0, 0.1) is 11.8 Å². The van der Waals surface area contributed by atoms with E-state index in [9.17, 15) is 4.79 Å². The average molecular weight is 301 g/mol. The van der Waals surface area contributed by atoms with E-state index >= 15 is 0 Å². The smallest absolute Gasteiger partial charge is 0.251 e. The number of methoxy groups -OCH3 is 1. The molecule has 0 radical (unpaired) electrons. The molecule has 0 aliphatic carbocycles. The quantitative estimate of drug-likeness (QED) is 0.837. The Morgan fingerprint density at radius 1 is 1.52 bits per heavy atom. The fourth-order valence-electron chi connectivity index (χ4n) is 1.69. The second-order valence-electron chi connectivity index (χ2n) is 4.08. The molecule has 6 heteroatoms. The number of nitrogens with one attached hydrogen (secondary N) is 1. The Bertz CT molecular complexity index is 672. The second kappa shape index (κ2) is 7.43. The zero-order chi connectivity index (χ0) is 15.1. The van der Waals surface area contributed by atoms with Crippen molar-refractivity contribution in [2.75, 3.05) is 13.7 Å². The van der Waals surface area contributed by atoms with Crippen LogP contribution in [0.25, 0.3) is 0 Å². The number of hydrogen-bond acceptors (Lipinski definition) is 5. The molecule has 2 aromatic rings. The first-order valence-electron chi connectivity index (χ1n) is 6.27. The van der Waals surface area contributed by atoms with Gasteiger partial charge in [0, 0.05) is 10.9 Å². The number of carbonyl (C=O) groups excluding carboxylic acids is 1. The van der Waals surface area contributed by atoms with Crippen molar-refractivity contribution >= 4 is 17.2 Å². The first-order valence-corrected chi connectivity index (χ1v) is 7.21. The first-order chi connectivity index (χ1) is 10.2. The van der Waals surface area contributed by atoms with E-state index < -0.39 is 0 Å². The van der Waals surface area contributed by atoms with Crippen molar-refractivity contribution in [2.45, 2.75) is 6.54 Å². The first kappa shape index (κ1) is 15.0. The standard InChI is InChI=1S/C15H15N3O2S/c1-20-14-5-4-12(7-11(14)3-2-6-16)15(19)17-8-13-9-21-10-18-13/h4-5,7,9-10H,6,8,16H2,1H3,(H,17,19). The van der Waals surface area contributed by atoms with Gasteiger partial charge in [-0.2, -0.15) is 0 Å². The number of nitrogens with two attached hydrogens (primary N) is 1. The molecule has 3 N–H and O–H groups in total. The Labute approximate surface area is 127 Å². The second-order valence-corrected chi connectivity index (χ2v) is 4.80. The molecule has 0 unspecified atom stereocenters. The van der Waals surface area contributed by atoms with E-state index in [1.807, 2.05) is 5.38 Å². The van der Waals surface area contributed by atoms with Crippen LogP contribution in [-0.2, 0) is 6.54 Å². The molecule has 0 spiro atoms. The Hall–Kier alpha value is -2.36. The van der Waals surface area contributed by atoms with E-state index in [-0.39, 0.29) is 12.5 Å². The minimum absolute atomic E-state index is 0.179. The predicted molar refractivity (Wildman–Crippen MR) is 82.2 cm³/mol. The SMILES string of the molecule is COc1ccc(C(=O)NCc2cscn2)cc1C#CCN. The molecule has 108 valence electrons. The Morgan fingerprint density at radius 2 is 2.38 bits per heavy atom. The number of hydrogen-bond donors (Lipinski definition) is 2. The predicted octanol–water partition coefficient (Wildman–Crippen LogP) is 1.39. The molecule has 0 atom stereocenters. The van der Waals surface area contributed by atoms with E-state index in [4.69, 9.17) is 10.5 Å². The summed E-state index contributed by atoms with van der Waals surface area (Å²) >= 11 is 1.49. The van der Waals surface area contributed by atoms with Crippen molar-refractivity contribution in [1.29, 1.82) is 0 Å². The fraction of sp³-hybridized carbons (Fsp3) is 0.200. The molecule has 0 aliphatic rings. The lowest BCUT2D eigenvalue weighted by Gasteiger charge is -2.07. The molecule has 0 saturated carbocycles. The molecule has 0 aliphatic heterocycles. The highest BCUT2D eigenvalue weighted by atomic mass is 32.1. The zero-order valence-electron chi connectivity index (χ0n) is 11.6. The molecule has 0 fully saturated rings. The largest absolute Gasteiger partial charge is 0.495 e. The molecule has 21 heavy (non-hydrogen) atoms. The summed E-state index contributed by atoms with van der Waals surface area (Å²) in [6.07, 6.45) is 0. The number of benzene rings is 1. The highest BCUT2D eigenvalue weighted by Gasteiger charge is 2.09. The van der Waals surface area contributed by atoms with Crippen LogP contribution in [0.4, 0.5) is 0 Å². The molecule has 1 heterocycles. The van der Waals surface area contributed by atoms with Gasteiger partial charge in [-0.15, -0.1) is 11.3 Å². The van der Waals surface area contributed by atoms with E-state index in [2.05, 4.69) is 22.1 Å². The van der Waals surface area contributed by atoms with Gasteiger partial charge in [0.2, 0.25) is 0 Å². The van der Waals surface area contributed by atoms with Crippen LogP contribution < -0.4 is 15.8 Å². The van der Waals surface area contributed by atoms with Crippen LogP contribution >= 0.6 is 11.3 Å². The lowest BCUT2D eigenvalue weighted by Crippen LogP contribution is -2.23. The van der Waals surface area contributed by atoms with Crippen LogP contribution in [0.5, 0.6) is 5.75 Å². The molecule has 0 saturated heterocycles. The van der Waals surface area contributed by atoms with E-state index in [0.29, 0.717) is 23.4 Å². The maximum absolute atomic E-state index is 12.1. The molecule has 1 amide bonds. The molecule has 1 aromatic carbocycles. The van der Waals surface area contributed by atoms with Gasteiger partial charge >= 0.3 is 0 Å². The Kier molecular flexibility index (Phi) is 5.32. The van der Waals surface area contributed by atoms with Crippen molar-refractivity contribution in [3.63, 3.8) is 0 Å². The summed E-state index contributed by atoms with van der Waals surface area (Å²) in [5.74, 6) is 6.09. The van der Waals surface area contributed by atoms with Crippen LogP contribution in [-0.4, -0.2) is 24.5 Å². The van der Waals surface area contributed by atoms with Gasteiger partial charge in [-0.05, 0) is 18.2 Å². The van der Waals surface area contributed by atoms with Crippen molar-refractivity contribution in [3.05, 3.63) is 45.9 Å². The van der Waals surface area contributed by atoms with E-state index in [0.717, 1.165) is 5.69 Å². The van der Waals surface area contributed by atoms with Gasteiger partial charge in [0.25, 0.3) is 5.91 Å². The highest BCUT2D eigenvalue weighted by molar-refractivity contribution is 7.07. The minimum atomic E-state index is -0.179. The van der Waals surface area contributed by atoms with Gasteiger partial charge < -0.3 is 15.8 Å². The molecular weight excluding hydrogens is 286 g/mol. The summed E-state index contributed by atoms with van der Waals surface area (Å²) in [4.78, 5) is 16.2. The van der Waals surface area contributed by atoms with E-state index in [1.54, 1.807) is 30.8 Å². The van der Waals surface area contributed by atoms with Crippen LogP contribution in [0.2, 0.25) is 0 Å². The van der Waals surface area contributed by atoms with Gasteiger partial charge in [0.05, 0.1) is 37.0 Å². The number of amides is 1. The third-order valence-corrected chi connectivity index (χ3v) is 3.34. The maximum atomic E-state index is 12.1. The van der Waals surface area contributed by atoms with Gasteiger partial charge in [0.15, 0.2) is 0 Å². The van der Waals surface area contributed by atoms with Crippen LogP contribution in [0.15, 0.2) is 29.1 Å². The van der Waals surface area contributed by atoms with Gasteiger partial charge in [-0.3, -0.25) is 4.79 Å². The summed E-state index contributed by atoms with van der Waals surface area (Å²) < 4.78 is 5.21. The van der Waals surface area contributed by atoms with Crippen LogP contribution in [0.1, 0.15) is 21.6 Å². The molecule has 1 aromatic heterocycles. The third-order valence-electron chi connectivity index (χ3n) is 2.70. The van der Waals surface area contributed by atoms with Crippen molar-refractivity contribution in [3.8, 4) is 17.6 Å². The minimum Gasteiger partial charge on any atom is -0.495 e. The number of aromatic nitrogens is 1. The molecule has 2 rings (SSSR count). The van der Waals surface area contributed by atoms with Gasteiger partial charge in [-0.1, -0.05) is 11.8 Å². The number of ether oxygens (including phenoxy) is 1. The number of nitrogens with zero attached hydrogens (tertiary/aromatic N) is 1. The van der Waals surface area contributed by atoms with Crippen LogP contribution in [0.3, 0.4) is 0 Å². The summed E-state index contributed by atoms with van der Waals surface area (Å²) in [5.41, 5.74) is 9.10. The summed E-state index contributed by atoms with van der Waals surface area (Å²) in [6.45, 7) is 0.654. The topological polar surface area (TPSA) is 77.2 Å². The van der Waals surface area contributed by atoms with E-state index in [1.165, 1.54) is 11.3 Å². The van der Waals surface area contributed by atoms with Gasteiger partial charge in [0.1, 0.15) is 5.75 Å². The lowest BCUT2D eigenvalue weighted by atomic mass is 10.1. The van der Waals surface area contributed by atoms with Gasteiger partial charge in [-0.25, -0.2) is 4.98 Å². The third kappa shape index (κ3) is 4.05. The van der Waals surface area contributed by atoms with Crippen molar-refractivity contribution in [1.82, 2.24) is 10.3 Å². The molecule has 0 bridgehead atoms. The Balaban J connectivity index is 2.13. The summed E-state index contributed by atoms with van der Waals surface area (Å²) in [6, 6.07) is 5.11. The molecular formula is C15H15N3O2S. The Morgan fingerprint density at radius 3 is 3.05 bits per heavy atom. The molecule has 5 nitrogen and oxygen atoms in total. The lowest BCUT2D eigenvalue weighted by molar-refractivity contribution is 0.0950. The maximum Gasteiger partial charge on any atom is 0.251 e.